The maximum Gasteiger partial charge on any atom is 0.167 e. The summed E-state index contributed by atoms with van der Waals surface area (Å²) in [7, 11) is 0. The zero-order valence-corrected chi connectivity index (χ0v) is 9.50. The molecule has 0 N–H and O–H groups in total. The van der Waals surface area contributed by atoms with Crippen LogP contribution in [0.2, 0.25) is 0 Å². The minimum absolute atomic E-state index is 0.869. The predicted molar refractivity (Wildman–Crippen MR) is 60.5 cm³/mol. The van der Waals surface area contributed by atoms with Crippen LogP contribution >= 0.6 is 22.7 Å². The third-order valence-electron chi connectivity index (χ3n) is 1.60. The first-order valence-electron chi connectivity index (χ1n) is 4.11. The minimum atomic E-state index is 0.869. The number of thiazole rings is 2. The molecule has 0 bridgehead atoms. The quantitative estimate of drug-likeness (QED) is 0.690. The SMILES string of the molecule is CC#Cc1ncc(-c2cnc(C)s2)s1. The van der Waals surface area contributed by atoms with E-state index in [2.05, 4.69) is 21.8 Å². The fourth-order valence-electron chi connectivity index (χ4n) is 1.03. The molecule has 0 aliphatic heterocycles. The Morgan fingerprint density at radius 3 is 2.50 bits per heavy atom. The molecule has 0 aliphatic carbocycles. The number of aryl methyl sites for hydroxylation is 1. The highest BCUT2D eigenvalue weighted by Crippen LogP contribution is 2.30. The number of hydrogen-bond donors (Lipinski definition) is 0. The normalized spacial score (nSPS) is 9.57. The molecule has 0 aromatic carbocycles. The van der Waals surface area contributed by atoms with Gasteiger partial charge in [0.2, 0.25) is 0 Å². The summed E-state index contributed by atoms with van der Waals surface area (Å²) in [6.45, 7) is 3.82. The van der Waals surface area contributed by atoms with Gasteiger partial charge < -0.3 is 0 Å². The molecule has 0 aliphatic rings. The molecule has 70 valence electrons. The first kappa shape index (κ1) is 9.38. The molecule has 0 unspecified atom stereocenters. The summed E-state index contributed by atoms with van der Waals surface area (Å²) in [5.74, 6) is 5.79. The Hall–Kier alpha value is -1.18. The van der Waals surface area contributed by atoms with Crippen LogP contribution in [0, 0.1) is 18.8 Å². The van der Waals surface area contributed by atoms with E-state index in [0.29, 0.717) is 0 Å². The Labute approximate surface area is 90.7 Å². The Morgan fingerprint density at radius 2 is 1.86 bits per heavy atom. The summed E-state index contributed by atoms with van der Waals surface area (Å²) in [6, 6.07) is 0. The fraction of sp³-hybridized carbons (Fsp3) is 0.200. The average molecular weight is 220 g/mol. The maximum atomic E-state index is 4.22. The molecular weight excluding hydrogens is 212 g/mol. The molecule has 4 heteroatoms. The smallest absolute Gasteiger partial charge is 0.167 e. The second-order valence-electron chi connectivity index (χ2n) is 2.65. The van der Waals surface area contributed by atoms with Gasteiger partial charge in [-0.25, -0.2) is 9.97 Å². The predicted octanol–water partition coefficient (Wildman–Crippen LogP) is 2.95. The van der Waals surface area contributed by atoms with E-state index in [4.69, 9.17) is 0 Å². The third-order valence-corrected chi connectivity index (χ3v) is 3.62. The molecule has 0 saturated carbocycles. The Morgan fingerprint density at radius 1 is 1.14 bits per heavy atom. The van der Waals surface area contributed by atoms with E-state index in [-0.39, 0.29) is 0 Å². The van der Waals surface area contributed by atoms with Crippen LogP contribution in [0.15, 0.2) is 12.4 Å². The number of hydrogen-bond acceptors (Lipinski definition) is 4. The lowest BCUT2D eigenvalue weighted by Gasteiger charge is -1.83. The van der Waals surface area contributed by atoms with E-state index in [1.807, 2.05) is 26.2 Å². The third kappa shape index (κ3) is 1.84. The zero-order valence-electron chi connectivity index (χ0n) is 7.87. The number of aromatic nitrogens is 2. The lowest BCUT2D eigenvalue weighted by Crippen LogP contribution is -1.63. The molecule has 2 aromatic heterocycles. The largest absolute Gasteiger partial charge is 0.249 e. The van der Waals surface area contributed by atoms with Crippen molar-refractivity contribution in [2.24, 2.45) is 0 Å². The standard InChI is InChI=1S/C10H8N2S2/c1-3-4-10-12-6-9(14-10)8-5-11-7(2)13-8/h5-6H,1-2H3. The second-order valence-corrected chi connectivity index (χ2v) is 4.91. The van der Waals surface area contributed by atoms with E-state index in [1.54, 1.807) is 22.7 Å². The van der Waals surface area contributed by atoms with Crippen molar-refractivity contribution in [1.29, 1.82) is 0 Å². The lowest BCUT2D eigenvalue weighted by molar-refractivity contribution is 1.30. The van der Waals surface area contributed by atoms with Crippen LogP contribution in [0.5, 0.6) is 0 Å². The highest BCUT2D eigenvalue weighted by Gasteiger charge is 2.05. The van der Waals surface area contributed by atoms with Gasteiger partial charge in [0.05, 0.1) is 14.8 Å². The Kier molecular flexibility index (Phi) is 2.62. The molecular formula is C10H8N2S2. The van der Waals surface area contributed by atoms with Crippen molar-refractivity contribution in [2.75, 3.05) is 0 Å². The summed E-state index contributed by atoms with van der Waals surface area (Å²) < 4.78 is 0. The molecule has 0 amide bonds. The molecule has 2 nitrogen and oxygen atoms in total. The van der Waals surface area contributed by atoms with Crippen LogP contribution in [-0.2, 0) is 0 Å². The monoisotopic (exact) mass is 220 g/mol. The lowest BCUT2D eigenvalue weighted by atomic mass is 10.5. The van der Waals surface area contributed by atoms with Gasteiger partial charge in [0.1, 0.15) is 0 Å². The summed E-state index contributed by atoms with van der Waals surface area (Å²) in [5, 5.41) is 1.95. The van der Waals surface area contributed by atoms with Crippen molar-refractivity contribution in [3.63, 3.8) is 0 Å². The van der Waals surface area contributed by atoms with E-state index in [0.717, 1.165) is 14.9 Å². The van der Waals surface area contributed by atoms with E-state index in [1.165, 1.54) is 4.88 Å². The van der Waals surface area contributed by atoms with Crippen LogP contribution in [-0.4, -0.2) is 9.97 Å². The fourth-order valence-corrected chi connectivity index (χ4v) is 2.69. The molecule has 0 atom stereocenters. The van der Waals surface area contributed by atoms with Crippen molar-refractivity contribution < 1.29 is 0 Å². The van der Waals surface area contributed by atoms with Crippen molar-refractivity contribution >= 4 is 22.7 Å². The molecule has 2 heterocycles. The summed E-state index contributed by atoms with van der Waals surface area (Å²) >= 11 is 3.29. The number of rotatable bonds is 1. The van der Waals surface area contributed by atoms with Gasteiger partial charge in [-0.15, -0.1) is 22.7 Å². The van der Waals surface area contributed by atoms with Crippen LogP contribution in [0.4, 0.5) is 0 Å². The van der Waals surface area contributed by atoms with Crippen molar-refractivity contribution in [2.45, 2.75) is 13.8 Å². The van der Waals surface area contributed by atoms with E-state index < -0.39 is 0 Å². The topological polar surface area (TPSA) is 25.8 Å². The zero-order chi connectivity index (χ0) is 9.97. The van der Waals surface area contributed by atoms with Gasteiger partial charge in [0.25, 0.3) is 0 Å². The van der Waals surface area contributed by atoms with E-state index in [9.17, 15) is 0 Å². The van der Waals surface area contributed by atoms with E-state index >= 15 is 0 Å². The first-order chi connectivity index (χ1) is 6.79. The van der Waals surface area contributed by atoms with Gasteiger partial charge >= 0.3 is 0 Å². The van der Waals surface area contributed by atoms with Crippen LogP contribution in [0.3, 0.4) is 0 Å². The minimum Gasteiger partial charge on any atom is -0.249 e. The molecule has 0 radical (unpaired) electrons. The van der Waals surface area contributed by atoms with Gasteiger partial charge in [-0.3, -0.25) is 0 Å². The van der Waals surface area contributed by atoms with Crippen LogP contribution < -0.4 is 0 Å². The van der Waals surface area contributed by atoms with Crippen molar-refractivity contribution in [3.8, 4) is 21.6 Å². The molecule has 0 spiro atoms. The van der Waals surface area contributed by atoms with Crippen molar-refractivity contribution in [1.82, 2.24) is 9.97 Å². The van der Waals surface area contributed by atoms with Gasteiger partial charge in [0.15, 0.2) is 5.01 Å². The van der Waals surface area contributed by atoms with Gasteiger partial charge in [-0.2, -0.15) is 0 Å². The molecule has 0 saturated heterocycles. The number of nitrogens with zero attached hydrogens (tertiary/aromatic N) is 2. The molecule has 14 heavy (non-hydrogen) atoms. The van der Waals surface area contributed by atoms with Crippen LogP contribution in [0.25, 0.3) is 9.75 Å². The average Bonchev–Trinajstić information content (AvgIpc) is 2.74. The van der Waals surface area contributed by atoms with Gasteiger partial charge in [-0.1, -0.05) is 5.92 Å². The highest BCUT2D eigenvalue weighted by molar-refractivity contribution is 7.22. The molecule has 0 fully saturated rings. The van der Waals surface area contributed by atoms with Gasteiger partial charge in [-0.05, 0) is 19.8 Å². The summed E-state index contributed by atoms with van der Waals surface area (Å²) in [4.78, 5) is 10.7. The van der Waals surface area contributed by atoms with Crippen LogP contribution in [0.1, 0.15) is 16.9 Å². The maximum absolute atomic E-state index is 4.22. The first-order valence-corrected chi connectivity index (χ1v) is 5.74. The van der Waals surface area contributed by atoms with Crippen molar-refractivity contribution in [3.05, 3.63) is 22.4 Å². The van der Waals surface area contributed by atoms with Gasteiger partial charge in [0, 0.05) is 12.4 Å². The second kappa shape index (κ2) is 3.91. The highest BCUT2D eigenvalue weighted by atomic mass is 32.1. The Balaban J connectivity index is 2.36. The molecule has 2 rings (SSSR count). The molecule has 2 aromatic rings. The Bertz CT molecular complexity index is 499. The summed E-state index contributed by atoms with van der Waals surface area (Å²) in [5.41, 5.74) is 0. The summed E-state index contributed by atoms with van der Waals surface area (Å²) in [6.07, 6.45) is 3.74.